The molecule has 0 fully saturated rings. The molecule has 0 saturated heterocycles. The van der Waals surface area contributed by atoms with Crippen LogP contribution >= 0.6 is 0 Å². The van der Waals surface area contributed by atoms with E-state index in [1.807, 2.05) is 57.3 Å². The largest absolute Gasteiger partial charge is 0.492 e. The van der Waals surface area contributed by atoms with Crippen molar-refractivity contribution in [1.29, 1.82) is 0 Å². The fraction of sp³-hybridized carbons (Fsp3) is 0.200. The summed E-state index contributed by atoms with van der Waals surface area (Å²) in [5.41, 5.74) is 6.57. The summed E-state index contributed by atoms with van der Waals surface area (Å²) in [5.74, 6) is 0.768. The second kappa shape index (κ2) is 7.60. The number of nitrogens with zero attached hydrogens (tertiary/aromatic N) is 5. The van der Waals surface area contributed by atoms with Crippen molar-refractivity contribution >= 4 is 21.9 Å². The van der Waals surface area contributed by atoms with Crippen molar-refractivity contribution in [3.63, 3.8) is 0 Å². The summed E-state index contributed by atoms with van der Waals surface area (Å²) in [6.45, 7) is 6.37. The van der Waals surface area contributed by atoms with E-state index in [1.165, 1.54) is 0 Å². The Morgan fingerprint density at radius 1 is 0.969 bits per heavy atom. The maximum Gasteiger partial charge on any atom is 0.333 e. The summed E-state index contributed by atoms with van der Waals surface area (Å²) in [6, 6.07) is 11.8. The predicted octanol–water partition coefficient (Wildman–Crippen LogP) is 4.35. The average Bonchev–Trinajstić information content (AvgIpc) is 3.06. The molecular weight excluding hydrogens is 402 g/mol. The van der Waals surface area contributed by atoms with E-state index in [9.17, 15) is 4.79 Å². The summed E-state index contributed by atoms with van der Waals surface area (Å²) >= 11 is 0. The Morgan fingerprint density at radius 2 is 1.81 bits per heavy atom. The molecule has 0 bridgehead atoms. The van der Waals surface area contributed by atoms with Crippen LogP contribution in [0.5, 0.6) is 5.75 Å². The number of aromatic nitrogens is 5. The zero-order valence-electron chi connectivity index (χ0n) is 18.5. The van der Waals surface area contributed by atoms with Crippen LogP contribution < -0.4 is 10.4 Å². The highest BCUT2D eigenvalue weighted by Crippen LogP contribution is 2.31. The van der Waals surface area contributed by atoms with Crippen molar-refractivity contribution in [3.05, 3.63) is 76.9 Å². The maximum atomic E-state index is 13.2. The molecule has 1 aromatic carbocycles. The molecule has 0 atom stereocenters. The number of benzene rings is 1. The molecule has 0 aliphatic heterocycles. The number of aryl methyl sites for hydroxylation is 3. The van der Waals surface area contributed by atoms with Gasteiger partial charge in [0, 0.05) is 30.4 Å². The van der Waals surface area contributed by atoms with Gasteiger partial charge in [0.1, 0.15) is 5.75 Å². The minimum absolute atomic E-state index is 0.133. The van der Waals surface area contributed by atoms with Crippen molar-refractivity contribution in [2.45, 2.75) is 20.8 Å². The Hall–Kier alpha value is -4.00. The Kier molecular flexibility index (Phi) is 4.74. The number of ether oxygens (including phenoxy) is 1. The van der Waals surface area contributed by atoms with Gasteiger partial charge in [-0.15, -0.1) is 0 Å². The van der Waals surface area contributed by atoms with Crippen LogP contribution in [0.4, 0.5) is 0 Å². The standard InChI is InChI=1S/C25H23N5O2/c1-5-32-23-12-18(13-27-16(23)3)17-8-9-20-19(11-17)24-22(14-28-20)29(4)25(31)30(24)21-7-6-10-26-15(21)2/h6-14H,5H2,1-4H3. The topological polar surface area (TPSA) is 74.8 Å². The zero-order chi connectivity index (χ0) is 22.4. The molecule has 0 aliphatic carbocycles. The van der Waals surface area contributed by atoms with E-state index in [0.29, 0.717) is 6.61 Å². The van der Waals surface area contributed by atoms with E-state index >= 15 is 0 Å². The lowest BCUT2D eigenvalue weighted by Gasteiger charge is -2.11. The number of pyridine rings is 3. The second-order valence-electron chi connectivity index (χ2n) is 7.75. The predicted molar refractivity (Wildman–Crippen MR) is 125 cm³/mol. The SMILES string of the molecule is CCOc1cc(-c2ccc3ncc4c(c3c2)n(-c2cccnc2C)c(=O)n4C)cnc1C. The third-order valence-corrected chi connectivity index (χ3v) is 5.78. The molecule has 4 heterocycles. The number of hydrogen-bond acceptors (Lipinski definition) is 5. The molecule has 7 nitrogen and oxygen atoms in total. The third kappa shape index (κ3) is 3.05. The molecule has 0 radical (unpaired) electrons. The molecule has 5 aromatic rings. The molecule has 0 amide bonds. The first kappa shape index (κ1) is 19.9. The van der Waals surface area contributed by atoms with Crippen LogP contribution in [0, 0.1) is 13.8 Å². The normalized spacial score (nSPS) is 11.4. The summed E-state index contributed by atoms with van der Waals surface area (Å²) in [5, 5.41) is 0.888. The first-order valence-corrected chi connectivity index (χ1v) is 10.5. The molecule has 7 heteroatoms. The van der Waals surface area contributed by atoms with Gasteiger partial charge in [-0.2, -0.15) is 0 Å². The maximum absolute atomic E-state index is 13.2. The molecule has 0 spiro atoms. The van der Waals surface area contributed by atoms with Crippen molar-refractivity contribution in [1.82, 2.24) is 24.1 Å². The van der Waals surface area contributed by atoms with Crippen LogP contribution in [0.2, 0.25) is 0 Å². The van der Waals surface area contributed by atoms with Crippen molar-refractivity contribution in [3.8, 4) is 22.6 Å². The van der Waals surface area contributed by atoms with Crippen LogP contribution in [0.3, 0.4) is 0 Å². The van der Waals surface area contributed by atoms with Gasteiger partial charge in [0.15, 0.2) is 0 Å². The van der Waals surface area contributed by atoms with Crippen LogP contribution in [0.15, 0.2) is 59.8 Å². The van der Waals surface area contributed by atoms with Gasteiger partial charge >= 0.3 is 5.69 Å². The van der Waals surface area contributed by atoms with Crippen LogP contribution in [0.25, 0.3) is 38.8 Å². The first-order valence-electron chi connectivity index (χ1n) is 10.5. The van der Waals surface area contributed by atoms with E-state index < -0.39 is 0 Å². The summed E-state index contributed by atoms with van der Waals surface area (Å²) in [6.07, 6.45) is 5.32. The molecule has 0 aliphatic rings. The van der Waals surface area contributed by atoms with Gasteiger partial charge in [-0.3, -0.25) is 24.1 Å². The van der Waals surface area contributed by atoms with E-state index in [-0.39, 0.29) is 5.69 Å². The summed E-state index contributed by atoms with van der Waals surface area (Å²) in [4.78, 5) is 26.7. The fourth-order valence-electron chi connectivity index (χ4n) is 4.08. The highest BCUT2D eigenvalue weighted by Gasteiger charge is 2.18. The lowest BCUT2D eigenvalue weighted by atomic mass is 10.0. The third-order valence-electron chi connectivity index (χ3n) is 5.78. The van der Waals surface area contributed by atoms with Gasteiger partial charge in [0.2, 0.25) is 0 Å². The van der Waals surface area contributed by atoms with Crippen LogP contribution in [0.1, 0.15) is 18.3 Å². The Morgan fingerprint density at radius 3 is 2.59 bits per heavy atom. The average molecular weight is 425 g/mol. The van der Waals surface area contributed by atoms with Crippen molar-refractivity contribution in [2.75, 3.05) is 6.61 Å². The van der Waals surface area contributed by atoms with Gasteiger partial charge in [0.25, 0.3) is 0 Å². The fourth-order valence-corrected chi connectivity index (χ4v) is 4.08. The minimum atomic E-state index is -0.133. The van der Waals surface area contributed by atoms with Gasteiger partial charge in [-0.05, 0) is 56.7 Å². The molecular formula is C25H23N5O2. The highest BCUT2D eigenvalue weighted by atomic mass is 16.5. The van der Waals surface area contributed by atoms with Gasteiger partial charge in [0.05, 0.1) is 46.4 Å². The molecule has 0 unspecified atom stereocenters. The van der Waals surface area contributed by atoms with E-state index in [2.05, 4.69) is 21.0 Å². The molecule has 0 N–H and O–H groups in total. The number of hydrogen-bond donors (Lipinski definition) is 0. The Labute approximate surface area is 185 Å². The summed E-state index contributed by atoms with van der Waals surface area (Å²) < 4.78 is 9.09. The monoisotopic (exact) mass is 425 g/mol. The molecule has 160 valence electrons. The van der Waals surface area contributed by atoms with E-state index in [4.69, 9.17) is 4.74 Å². The molecule has 32 heavy (non-hydrogen) atoms. The molecule has 4 aromatic heterocycles. The second-order valence-corrected chi connectivity index (χ2v) is 7.75. The Balaban J connectivity index is 1.83. The smallest absolute Gasteiger partial charge is 0.333 e. The van der Waals surface area contributed by atoms with Gasteiger partial charge < -0.3 is 4.74 Å². The number of fused-ring (bicyclic) bond motifs is 3. The minimum Gasteiger partial charge on any atom is -0.492 e. The number of rotatable bonds is 4. The van der Waals surface area contributed by atoms with Crippen molar-refractivity contribution < 1.29 is 4.74 Å². The van der Waals surface area contributed by atoms with Gasteiger partial charge in [-0.25, -0.2) is 4.79 Å². The quantitative estimate of drug-likeness (QED) is 0.428. The zero-order valence-corrected chi connectivity index (χ0v) is 18.5. The van der Waals surface area contributed by atoms with Crippen LogP contribution in [-0.4, -0.2) is 30.7 Å². The van der Waals surface area contributed by atoms with Crippen LogP contribution in [-0.2, 0) is 7.05 Å². The lowest BCUT2D eigenvalue weighted by molar-refractivity contribution is 0.336. The molecule has 5 rings (SSSR count). The van der Waals surface area contributed by atoms with E-state index in [0.717, 1.165) is 55.9 Å². The van der Waals surface area contributed by atoms with Crippen molar-refractivity contribution in [2.24, 2.45) is 7.05 Å². The molecule has 0 saturated carbocycles. The number of imidazole rings is 1. The lowest BCUT2D eigenvalue weighted by Crippen LogP contribution is -2.21. The Bertz CT molecular complexity index is 1550. The highest BCUT2D eigenvalue weighted by molar-refractivity contribution is 6.04. The first-order chi connectivity index (χ1) is 15.5. The van der Waals surface area contributed by atoms with E-state index in [1.54, 1.807) is 28.6 Å². The summed E-state index contributed by atoms with van der Waals surface area (Å²) in [7, 11) is 1.77. The van der Waals surface area contributed by atoms with Gasteiger partial charge in [-0.1, -0.05) is 6.07 Å².